The molecule has 6 rings (SSSR count). The SMILES string of the molecule is Cc1c(C)n(Cc2ccc(-c3ccccc3C(=O)O)cc2)c2ccc(C(=O)NC(C)c3cncc(C4CC4)n3)cc12. The number of aromatic carboxylic acids is 1. The van der Waals surface area contributed by atoms with E-state index >= 15 is 0 Å². The van der Waals surface area contributed by atoms with Crippen molar-refractivity contribution in [2.45, 2.75) is 52.1 Å². The molecule has 5 aromatic rings. The zero-order chi connectivity index (χ0) is 28.7. The summed E-state index contributed by atoms with van der Waals surface area (Å²) in [4.78, 5) is 33.9. The Labute approximate surface area is 238 Å². The molecule has 7 heteroatoms. The third-order valence-electron chi connectivity index (χ3n) is 8.12. The standard InChI is InChI=1S/C34H32N4O3/c1-20-22(3)38(19-23-8-10-24(11-9-23)27-6-4-5-7-28(27)34(40)41)32-15-14-26(16-29(20)32)33(39)36-21(2)30-17-35-18-31(37-30)25-12-13-25/h4-11,14-18,21,25H,12-13,19H2,1-3H3,(H,36,39)(H,40,41). The molecule has 0 saturated heterocycles. The number of aryl methyl sites for hydroxylation is 1. The van der Waals surface area contributed by atoms with Gasteiger partial charge in [0.2, 0.25) is 0 Å². The van der Waals surface area contributed by atoms with Gasteiger partial charge in [-0.3, -0.25) is 14.8 Å². The van der Waals surface area contributed by atoms with Crippen molar-refractivity contribution < 1.29 is 14.7 Å². The van der Waals surface area contributed by atoms with Crippen LogP contribution in [0.2, 0.25) is 0 Å². The predicted octanol–water partition coefficient (Wildman–Crippen LogP) is 6.83. The minimum absolute atomic E-state index is 0.139. The van der Waals surface area contributed by atoms with E-state index in [9.17, 15) is 14.7 Å². The van der Waals surface area contributed by atoms with Crippen LogP contribution >= 0.6 is 0 Å². The van der Waals surface area contributed by atoms with E-state index in [1.54, 1.807) is 18.3 Å². The lowest BCUT2D eigenvalue weighted by molar-refractivity contribution is 0.0697. The summed E-state index contributed by atoms with van der Waals surface area (Å²) in [5, 5.41) is 13.7. The fraction of sp³-hybridized carbons (Fsp3) is 0.235. The van der Waals surface area contributed by atoms with Crippen LogP contribution in [0.1, 0.15) is 80.6 Å². The first-order valence-corrected chi connectivity index (χ1v) is 13.9. The Balaban J connectivity index is 1.22. The number of nitrogens with one attached hydrogen (secondary N) is 1. The number of nitrogens with zero attached hydrogens (tertiary/aromatic N) is 3. The molecule has 7 nitrogen and oxygen atoms in total. The average molecular weight is 545 g/mol. The largest absolute Gasteiger partial charge is 0.478 e. The number of benzene rings is 3. The molecule has 0 bridgehead atoms. The second-order valence-corrected chi connectivity index (χ2v) is 10.9. The molecule has 41 heavy (non-hydrogen) atoms. The average Bonchev–Trinajstić information content (AvgIpc) is 3.82. The molecule has 0 radical (unpaired) electrons. The van der Waals surface area contributed by atoms with Crippen LogP contribution in [0.3, 0.4) is 0 Å². The van der Waals surface area contributed by atoms with E-state index in [4.69, 9.17) is 4.98 Å². The van der Waals surface area contributed by atoms with Gasteiger partial charge in [0.05, 0.1) is 29.2 Å². The molecule has 1 unspecified atom stereocenters. The van der Waals surface area contributed by atoms with Crippen molar-refractivity contribution in [3.8, 4) is 11.1 Å². The summed E-state index contributed by atoms with van der Waals surface area (Å²) in [7, 11) is 0. The van der Waals surface area contributed by atoms with Crippen molar-refractivity contribution >= 4 is 22.8 Å². The monoisotopic (exact) mass is 544 g/mol. The summed E-state index contributed by atoms with van der Waals surface area (Å²) in [6.45, 7) is 6.79. The number of carboxylic acid groups (broad SMARTS) is 1. The number of amides is 1. The maximum Gasteiger partial charge on any atom is 0.336 e. The highest BCUT2D eigenvalue weighted by Gasteiger charge is 2.26. The first kappa shape index (κ1) is 26.4. The number of carbonyl (C=O) groups is 2. The summed E-state index contributed by atoms with van der Waals surface area (Å²) >= 11 is 0. The first-order chi connectivity index (χ1) is 19.8. The summed E-state index contributed by atoms with van der Waals surface area (Å²) in [5.74, 6) is -0.566. The third kappa shape index (κ3) is 5.23. The Hall–Kier alpha value is -4.78. The van der Waals surface area contributed by atoms with E-state index in [1.165, 1.54) is 0 Å². The molecular formula is C34H32N4O3. The Morgan fingerprint density at radius 3 is 2.51 bits per heavy atom. The molecule has 0 spiro atoms. The molecule has 2 heterocycles. The van der Waals surface area contributed by atoms with Crippen LogP contribution < -0.4 is 5.32 Å². The normalized spacial score (nSPS) is 13.7. The number of fused-ring (bicyclic) bond motifs is 1. The summed E-state index contributed by atoms with van der Waals surface area (Å²) in [6, 6.07) is 20.7. The van der Waals surface area contributed by atoms with Crippen molar-refractivity contribution in [3.05, 3.63) is 118 Å². The highest BCUT2D eigenvalue weighted by molar-refractivity contribution is 5.99. The van der Waals surface area contributed by atoms with Gasteiger partial charge < -0.3 is 15.0 Å². The van der Waals surface area contributed by atoms with Gasteiger partial charge in [-0.2, -0.15) is 0 Å². The number of carbonyl (C=O) groups excluding carboxylic acids is 1. The molecule has 1 aliphatic rings. The van der Waals surface area contributed by atoms with Crippen LogP contribution in [-0.2, 0) is 6.54 Å². The fourth-order valence-electron chi connectivity index (χ4n) is 5.42. The van der Waals surface area contributed by atoms with E-state index in [0.717, 1.165) is 57.5 Å². The predicted molar refractivity (Wildman–Crippen MR) is 159 cm³/mol. The summed E-state index contributed by atoms with van der Waals surface area (Å²) in [5.41, 5.74) is 8.70. The van der Waals surface area contributed by atoms with E-state index in [0.29, 0.717) is 23.6 Å². The highest BCUT2D eigenvalue weighted by Crippen LogP contribution is 2.38. The van der Waals surface area contributed by atoms with Gasteiger partial charge in [0.15, 0.2) is 0 Å². The summed E-state index contributed by atoms with van der Waals surface area (Å²) in [6.07, 6.45) is 5.87. The molecule has 3 aromatic carbocycles. The molecular weight excluding hydrogens is 512 g/mol. The van der Waals surface area contributed by atoms with Crippen LogP contribution in [0.5, 0.6) is 0 Å². The Bertz CT molecular complexity index is 1780. The zero-order valence-corrected chi connectivity index (χ0v) is 23.4. The van der Waals surface area contributed by atoms with E-state index < -0.39 is 5.97 Å². The van der Waals surface area contributed by atoms with Gasteiger partial charge in [-0.1, -0.05) is 42.5 Å². The Morgan fingerprint density at radius 1 is 1.02 bits per heavy atom. The number of hydrogen-bond acceptors (Lipinski definition) is 4. The van der Waals surface area contributed by atoms with Gasteiger partial charge in [-0.15, -0.1) is 0 Å². The van der Waals surface area contributed by atoms with Crippen molar-refractivity contribution in [2.75, 3.05) is 0 Å². The van der Waals surface area contributed by atoms with Gasteiger partial charge in [0.25, 0.3) is 5.91 Å². The highest BCUT2D eigenvalue weighted by atomic mass is 16.4. The van der Waals surface area contributed by atoms with Crippen molar-refractivity contribution in [1.29, 1.82) is 0 Å². The third-order valence-corrected chi connectivity index (χ3v) is 8.12. The van der Waals surface area contributed by atoms with Crippen LogP contribution in [0.25, 0.3) is 22.0 Å². The smallest absolute Gasteiger partial charge is 0.336 e. The second kappa shape index (κ2) is 10.7. The molecule has 1 fully saturated rings. The lowest BCUT2D eigenvalue weighted by Crippen LogP contribution is -2.27. The maximum atomic E-state index is 13.2. The number of aromatic nitrogens is 3. The maximum absolute atomic E-state index is 13.2. The van der Waals surface area contributed by atoms with Crippen LogP contribution in [0, 0.1) is 13.8 Å². The fourth-order valence-corrected chi connectivity index (χ4v) is 5.42. The molecule has 2 aromatic heterocycles. The molecule has 1 saturated carbocycles. The van der Waals surface area contributed by atoms with Gasteiger partial charge in [0.1, 0.15) is 0 Å². The number of rotatable bonds is 8. The van der Waals surface area contributed by atoms with Gasteiger partial charge in [0, 0.05) is 40.8 Å². The second-order valence-electron chi connectivity index (χ2n) is 10.9. The Morgan fingerprint density at radius 2 is 1.78 bits per heavy atom. The number of hydrogen-bond donors (Lipinski definition) is 2. The molecule has 1 atom stereocenters. The topological polar surface area (TPSA) is 97.1 Å². The van der Waals surface area contributed by atoms with Crippen molar-refractivity contribution in [2.24, 2.45) is 0 Å². The number of carboxylic acids is 1. The molecule has 2 N–H and O–H groups in total. The van der Waals surface area contributed by atoms with Crippen molar-refractivity contribution in [1.82, 2.24) is 19.9 Å². The molecule has 206 valence electrons. The quantitative estimate of drug-likeness (QED) is 0.223. The van der Waals surface area contributed by atoms with Crippen molar-refractivity contribution in [3.63, 3.8) is 0 Å². The van der Waals surface area contributed by atoms with Crippen LogP contribution in [0.4, 0.5) is 0 Å². The minimum Gasteiger partial charge on any atom is -0.478 e. The van der Waals surface area contributed by atoms with Crippen LogP contribution in [-0.4, -0.2) is 31.5 Å². The lowest BCUT2D eigenvalue weighted by Gasteiger charge is -2.14. The zero-order valence-electron chi connectivity index (χ0n) is 23.4. The molecule has 0 aliphatic heterocycles. The first-order valence-electron chi connectivity index (χ1n) is 13.9. The lowest BCUT2D eigenvalue weighted by atomic mass is 9.99. The molecule has 1 amide bonds. The Kier molecular flexibility index (Phi) is 6.87. The van der Waals surface area contributed by atoms with Gasteiger partial charge >= 0.3 is 5.97 Å². The van der Waals surface area contributed by atoms with Gasteiger partial charge in [-0.25, -0.2) is 4.79 Å². The summed E-state index contributed by atoms with van der Waals surface area (Å²) < 4.78 is 2.26. The van der Waals surface area contributed by atoms with Crippen LogP contribution in [0.15, 0.2) is 79.1 Å². The van der Waals surface area contributed by atoms with Gasteiger partial charge in [-0.05, 0) is 80.1 Å². The molecule has 1 aliphatic carbocycles. The van der Waals surface area contributed by atoms with E-state index in [2.05, 4.69) is 28.7 Å². The van der Waals surface area contributed by atoms with E-state index in [1.807, 2.05) is 67.7 Å². The van der Waals surface area contributed by atoms with E-state index in [-0.39, 0.29) is 17.5 Å². The minimum atomic E-state index is -0.937.